The van der Waals surface area contributed by atoms with E-state index in [9.17, 15) is 15.2 Å². The second-order valence-electron chi connectivity index (χ2n) is 4.91. The highest BCUT2D eigenvalue weighted by Crippen LogP contribution is 2.28. The molecule has 2 N–H and O–H groups in total. The van der Waals surface area contributed by atoms with Gasteiger partial charge in [0.25, 0.3) is 5.69 Å². The van der Waals surface area contributed by atoms with Crippen molar-refractivity contribution < 1.29 is 10.0 Å². The molecule has 1 heterocycles. The van der Waals surface area contributed by atoms with Crippen molar-refractivity contribution in [3.63, 3.8) is 0 Å². The van der Waals surface area contributed by atoms with Crippen LogP contribution in [-0.2, 0) is 6.42 Å². The van der Waals surface area contributed by atoms with E-state index in [0.29, 0.717) is 23.7 Å². The van der Waals surface area contributed by atoms with Gasteiger partial charge in [-0.2, -0.15) is 0 Å². The fourth-order valence-corrected chi connectivity index (χ4v) is 2.28. The average molecular weight is 322 g/mol. The second-order valence-corrected chi connectivity index (χ2v) is 5.35. The third-order valence-electron chi connectivity index (χ3n) is 3.24. The summed E-state index contributed by atoms with van der Waals surface area (Å²) in [5.41, 5.74) is 1.32. The standard InChI is InChI=1S/C15H16ClN3O3/c16-13-3-4-14(15(7-13)19(21)22)18-9-12(10-20)6-11-2-1-5-17-8-11/h1-5,7-8,12,18,20H,6,9-10H2/t12-/m1/s1. The zero-order chi connectivity index (χ0) is 15.9. The topological polar surface area (TPSA) is 88.3 Å². The number of nitro benzene ring substituents is 1. The van der Waals surface area contributed by atoms with E-state index in [1.165, 1.54) is 6.07 Å². The molecule has 22 heavy (non-hydrogen) atoms. The Hall–Kier alpha value is -2.18. The van der Waals surface area contributed by atoms with Gasteiger partial charge in [0.05, 0.1) is 4.92 Å². The first-order valence-corrected chi connectivity index (χ1v) is 7.15. The first-order valence-electron chi connectivity index (χ1n) is 6.77. The Balaban J connectivity index is 2.03. The number of aliphatic hydroxyl groups is 1. The lowest BCUT2D eigenvalue weighted by Gasteiger charge is -2.16. The number of hydrogen-bond donors (Lipinski definition) is 2. The smallest absolute Gasteiger partial charge is 0.293 e. The fraction of sp³-hybridized carbons (Fsp3) is 0.267. The Morgan fingerprint density at radius 3 is 2.86 bits per heavy atom. The van der Waals surface area contributed by atoms with E-state index in [1.54, 1.807) is 24.5 Å². The number of anilines is 1. The Labute approximate surface area is 132 Å². The summed E-state index contributed by atoms with van der Waals surface area (Å²) >= 11 is 5.78. The number of nitrogens with zero attached hydrogens (tertiary/aromatic N) is 2. The van der Waals surface area contributed by atoms with Crippen LogP contribution < -0.4 is 5.32 Å². The first-order chi connectivity index (χ1) is 10.6. The first kappa shape index (κ1) is 16.2. The van der Waals surface area contributed by atoms with E-state index in [2.05, 4.69) is 10.3 Å². The minimum absolute atomic E-state index is 0.0245. The highest BCUT2D eigenvalue weighted by molar-refractivity contribution is 6.30. The summed E-state index contributed by atoms with van der Waals surface area (Å²) in [4.78, 5) is 14.6. The molecule has 1 aromatic heterocycles. The fourth-order valence-electron chi connectivity index (χ4n) is 2.11. The maximum Gasteiger partial charge on any atom is 0.293 e. The van der Waals surface area contributed by atoms with Gasteiger partial charge in [0.1, 0.15) is 5.69 Å². The van der Waals surface area contributed by atoms with Crippen molar-refractivity contribution >= 4 is 23.0 Å². The van der Waals surface area contributed by atoms with Crippen LogP contribution in [0.1, 0.15) is 5.56 Å². The molecule has 0 radical (unpaired) electrons. The molecule has 0 amide bonds. The van der Waals surface area contributed by atoms with Crippen LogP contribution in [0.4, 0.5) is 11.4 Å². The maximum absolute atomic E-state index is 11.0. The zero-order valence-electron chi connectivity index (χ0n) is 11.8. The van der Waals surface area contributed by atoms with Gasteiger partial charge in [-0.15, -0.1) is 0 Å². The molecule has 0 saturated carbocycles. The van der Waals surface area contributed by atoms with E-state index < -0.39 is 4.92 Å². The van der Waals surface area contributed by atoms with Crippen LogP contribution in [-0.4, -0.2) is 28.2 Å². The number of benzene rings is 1. The van der Waals surface area contributed by atoms with Gasteiger partial charge in [-0.1, -0.05) is 17.7 Å². The largest absolute Gasteiger partial charge is 0.396 e. The van der Waals surface area contributed by atoms with Crippen molar-refractivity contribution in [3.8, 4) is 0 Å². The molecular weight excluding hydrogens is 306 g/mol. The molecule has 0 fully saturated rings. The second kappa shape index (κ2) is 7.72. The Morgan fingerprint density at radius 2 is 2.23 bits per heavy atom. The van der Waals surface area contributed by atoms with Gasteiger partial charge in [0.2, 0.25) is 0 Å². The number of aliphatic hydroxyl groups excluding tert-OH is 1. The summed E-state index contributed by atoms with van der Waals surface area (Å²) in [7, 11) is 0. The monoisotopic (exact) mass is 321 g/mol. The molecule has 6 nitrogen and oxygen atoms in total. The van der Waals surface area contributed by atoms with Gasteiger partial charge in [-0.25, -0.2) is 0 Å². The van der Waals surface area contributed by atoms with Crippen molar-refractivity contribution in [1.29, 1.82) is 0 Å². The van der Waals surface area contributed by atoms with Crippen molar-refractivity contribution in [2.75, 3.05) is 18.5 Å². The van der Waals surface area contributed by atoms with Gasteiger partial charge in [0, 0.05) is 42.6 Å². The predicted octanol–water partition coefficient (Wildman–Crippen LogP) is 2.91. The highest BCUT2D eigenvalue weighted by atomic mass is 35.5. The quantitative estimate of drug-likeness (QED) is 0.604. The van der Waals surface area contributed by atoms with Crippen LogP contribution in [0.3, 0.4) is 0 Å². The lowest BCUT2D eigenvalue weighted by Crippen LogP contribution is -2.20. The molecule has 1 aromatic carbocycles. The molecule has 0 bridgehead atoms. The lowest BCUT2D eigenvalue weighted by atomic mass is 10.0. The van der Waals surface area contributed by atoms with Gasteiger partial charge in [-0.05, 0) is 30.2 Å². The molecule has 2 aromatic rings. The van der Waals surface area contributed by atoms with Gasteiger partial charge >= 0.3 is 0 Å². The molecule has 0 aliphatic rings. The highest BCUT2D eigenvalue weighted by Gasteiger charge is 2.16. The molecule has 1 atom stereocenters. The Bertz CT molecular complexity index is 637. The third-order valence-corrected chi connectivity index (χ3v) is 3.48. The minimum atomic E-state index is -0.483. The van der Waals surface area contributed by atoms with Gasteiger partial charge in [-0.3, -0.25) is 15.1 Å². The molecule has 0 spiro atoms. The number of halogens is 1. The number of aromatic nitrogens is 1. The van der Waals surface area contributed by atoms with E-state index in [0.717, 1.165) is 5.56 Å². The summed E-state index contributed by atoms with van der Waals surface area (Å²) in [6, 6.07) is 8.23. The van der Waals surface area contributed by atoms with Gasteiger partial charge in [0.15, 0.2) is 0 Å². The van der Waals surface area contributed by atoms with Crippen LogP contribution in [0.5, 0.6) is 0 Å². The SMILES string of the molecule is O=[N+]([O-])c1cc(Cl)ccc1NC[C@H](CO)Cc1cccnc1. The van der Waals surface area contributed by atoms with Crippen LogP contribution in [0.15, 0.2) is 42.7 Å². The molecule has 0 unspecified atom stereocenters. The Morgan fingerprint density at radius 1 is 1.41 bits per heavy atom. The lowest BCUT2D eigenvalue weighted by molar-refractivity contribution is -0.383. The number of pyridine rings is 1. The normalized spacial score (nSPS) is 11.9. The van der Waals surface area contributed by atoms with E-state index in [-0.39, 0.29) is 18.2 Å². The number of hydrogen-bond acceptors (Lipinski definition) is 5. The van der Waals surface area contributed by atoms with Crippen LogP contribution >= 0.6 is 11.6 Å². The van der Waals surface area contributed by atoms with Crippen molar-refractivity contribution in [2.24, 2.45) is 5.92 Å². The van der Waals surface area contributed by atoms with Crippen molar-refractivity contribution in [2.45, 2.75) is 6.42 Å². The molecular formula is C15H16ClN3O3. The number of nitro groups is 1. The molecule has 0 aliphatic heterocycles. The van der Waals surface area contributed by atoms with E-state index in [4.69, 9.17) is 11.6 Å². The molecule has 116 valence electrons. The third kappa shape index (κ3) is 4.41. The van der Waals surface area contributed by atoms with E-state index >= 15 is 0 Å². The summed E-state index contributed by atoms with van der Waals surface area (Å²) in [6.45, 7) is 0.386. The molecule has 2 rings (SSSR count). The Kier molecular flexibility index (Phi) is 5.68. The molecule has 7 heteroatoms. The summed E-state index contributed by atoms with van der Waals surface area (Å²) in [6.07, 6.45) is 4.07. The van der Waals surface area contributed by atoms with Crippen molar-refractivity contribution in [3.05, 3.63) is 63.4 Å². The van der Waals surface area contributed by atoms with Crippen LogP contribution in [0, 0.1) is 16.0 Å². The summed E-state index contributed by atoms with van der Waals surface area (Å²) in [5.74, 6) is -0.0699. The van der Waals surface area contributed by atoms with Crippen LogP contribution in [0.2, 0.25) is 5.02 Å². The zero-order valence-corrected chi connectivity index (χ0v) is 12.5. The van der Waals surface area contributed by atoms with Crippen LogP contribution in [0.25, 0.3) is 0 Å². The summed E-state index contributed by atoms with van der Waals surface area (Å²) in [5, 5.41) is 23.8. The number of rotatable bonds is 7. The van der Waals surface area contributed by atoms with Gasteiger partial charge < -0.3 is 10.4 Å². The molecule has 0 saturated heterocycles. The average Bonchev–Trinajstić information content (AvgIpc) is 2.53. The van der Waals surface area contributed by atoms with E-state index in [1.807, 2.05) is 12.1 Å². The molecule has 0 aliphatic carbocycles. The number of nitrogens with one attached hydrogen (secondary N) is 1. The minimum Gasteiger partial charge on any atom is -0.396 e. The maximum atomic E-state index is 11.0. The summed E-state index contributed by atoms with van der Waals surface area (Å²) < 4.78 is 0. The van der Waals surface area contributed by atoms with Crippen molar-refractivity contribution in [1.82, 2.24) is 4.98 Å². The predicted molar refractivity (Wildman–Crippen MR) is 85.1 cm³/mol.